The number of amides is 2. The van der Waals surface area contributed by atoms with Crippen molar-refractivity contribution in [2.45, 2.75) is 52.4 Å². The van der Waals surface area contributed by atoms with Crippen molar-refractivity contribution in [3.8, 4) is 0 Å². The Labute approximate surface area is 102 Å². The highest BCUT2D eigenvalue weighted by Crippen LogP contribution is 2.11. The fourth-order valence-electron chi connectivity index (χ4n) is 1.88. The summed E-state index contributed by atoms with van der Waals surface area (Å²) in [6.07, 6.45) is -0.0460. The zero-order chi connectivity index (χ0) is 13.2. The van der Waals surface area contributed by atoms with E-state index in [1.54, 1.807) is 4.90 Å². The van der Waals surface area contributed by atoms with Gasteiger partial charge in [-0.15, -0.1) is 0 Å². The van der Waals surface area contributed by atoms with Crippen LogP contribution in [0.1, 0.15) is 34.6 Å². The molecule has 2 unspecified atom stereocenters. The summed E-state index contributed by atoms with van der Waals surface area (Å²) in [5.41, 5.74) is -0.393. The molecule has 0 aliphatic carbocycles. The van der Waals surface area contributed by atoms with Crippen LogP contribution >= 0.6 is 0 Å². The fraction of sp³-hybridized carbons (Fsp3) is 0.833. The lowest BCUT2D eigenvalue weighted by molar-refractivity contribution is -0.154. The van der Waals surface area contributed by atoms with Crippen molar-refractivity contribution in [3.05, 3.63) is 0 Å². The largest absolute Gasteiger partial charge is 0.372 e. The van der Waals surface area contributed by atoms with Gasteiger partial charge < -0.3 is 15.0 Å². The van der Waals surface area contributed by atoms with Gasteiger partial charge in [0.1, 0.15) is 0 Å². The third-order valence-corrected chi connectivity index (χ3v) is 2.39. The molecule has 0 bridgehead atoms. The maximum Gasteiger partial charge on any atom is 0.312 e. The van der Waals surface area contributed by atoms with Crippen molar-refractivity contribution >= 4 is 11.8 Å². The van der Waals surface area contributed by atoms with Crippen molar-refractivity contribution in [2.75, 3.05) is 13.1 Å². The Hall–Kier alpha value is -1.10. The molecule has 5 nitrogen and oxygen atoms in total. The SMILES string of the molecule is CC1CN(C(=O)C(=O)NC(C)(C)C)CC(C)O1. The monoisotopic (exact) mass is 242 g/mol. The van der Waals surface area contributed by atoms with Crippen LogP contribution in [0.5, 0.6) is 0 Å². The van der Waals surface area contributed by atoms with Gasteiger partial charge in [0, 0.05) is 18.6 Å². The van der Waals surface area contributed by atoms with Crippen LogP contribution in [-0.4, -0.2) is 47.6 Å². The van der Waals surface area contributed by atoms with Crippen LogP contribution in [0.4, 0.5) is 0 Å². The molecule has 1 N–H and O–H groups in total. The minimum Gasteiger partial charge on any atom is -0.372 e. The first-order chi connectivity index (χ1) is 7.69. The van der Waals surface area contributed by atoms with Gasteiger partial charge in [0.05, 0.1) is 12.2 Å². The molecule has 0 saturated carbocycles. The van der Waals surface area contributed by atoms with Crippen LogP contribution in [0.15, 0.2) is 0 Å². The second-order valence-electron chi connectivity index (χ2n) is 5.67. The number of hydrogen-bond donors (Lipinski definition) is 1. The predicted molar refractivity (Wildman–Crippen MR) is 64.5 cm³/mol. The molecular formula is C12H22N2O3. The van der Waals surface area contributed by atoms with Crippen molar-refractivity contribution < 1.29 is 14.3 Å². The van der Waals surface area contributed by atoms with Gasteiger partial charge in [0.15, 0.2) is 0 Å². The van der Waals surface area contributed by atoms with Gasteiger partial charge in [-0.3, -0.25) is 9.59 Å². The molecule has 1 aliphatic rings. The van der Waals surface area contributed by atoms with Gasteiger partial charge in [0.25, 0.3) is 0 Å². The van der Waals surface area contributed by atoms with E-state index in [0.717, 1.165) is 0 Å². The summed E-state index contributed by atoms with van der Waals surface area (Å²) in [7, 11) is 0. The second-order valence-corrected chi connectivity index (χ2v) is 5.67. The Bertz CT molecular complexity index is 299. The number of carbonyl (C=O) groups is 2. The molecule has 1 heterocycles. The molecule has 1 aliphatic heterocycles. The van der Waals surface area contributed by atoms with E-state index in [0.29, 0.717) is 13.1 Å². The van der Waals surface area contributed by atoms with Crippen LogP contribution in [-0.2, 0) is 14.3 Å². The molecule has 17 heavy (non-hydrogen) atoms. The number of nitrogens with one attached hydrogen (secondary N) is 1. The topological polar surface area (TPSA) is 58.6 Å². The average molecular weight is 242 g/mol. The van der Waals surface area contributed by atoms with Gasteiger partial charge in [-0.05, 0) is 34.6 Å². The molecule has 1 rings (SSSR count). The number of ether oxygens (including phenoxy) is 1. The summed E-state index contributed by atoms with van der Waals surface area (Å²) in [5.74, 6) is -1.01. The molecule has 0 aromatic carbocycles. The van der Waals surface area contributed by atoms with Crippen molar-refractivity contribution in [1.82, 2.24) is 10.2 Å². The number of morpholine rings is 1. The molecule has 2 amide bonds. The fourth-order valence-corrected chi connectivity index (χ4v) is 1.88. The maximum absolute atomic E-state index is 11.9. The minimum atomic E-state index is -0.543. The molecule has 1 saturated heterocycles. The standard InChI is InChI=1S/C12H22N2O3/c1-8-6-14(7-9(2)17-8)11(16)10(15)13-12(3,4)5/h8-9H,6-7H2,1-5H3,(H,13,15). The van der Waals surface area contributed by atoms with Gasteiger partial charge >= 0.3 is 11.8 Å². The van der Waals surface area contributed by atoms with E-state index in [2.05, 4.69) is 5.32 Å². The molecule has 0 aromatic rings. The Morgan fingerprint density at radius 2 is 1.65 bits per heavy atom. The quantitative estimate of drug-likeness (QED) is 0.631. The van der Waals surface area contributed by atoms with E-state index in [9.17, 15) is 9.59 Å². The summed E-state index contributed by atoms with van der Waals surface area (Å²) < 4.78 is 5.52. The zero-order valence-corrected chi connectivity index (χ0v) is 11.2. The van der Waals surface area contributed by atoms with E-state index < -0.39 is 17.4 Å². The molecule has 98 valence electrons. The molecule has 1 fully saturated rings. The number of hydrogen-bond acceptors (Lipinski definition) is 3. The predicted octanol–water partition coefficient (Wildman–Crippen LogP) is 0.537. The highest BCUT2D eigenvalue weighted by molar-refractivity contribution is 6.35. The first-order valence-electron chi connectivity index (χ1n) is 5.96. The molecule has 2 atom stereocenters. The Balaban J connectivity index is 2.60. The third-order valence-electron chi connectivity index (χ3n) is 2.39. The average Bonchev–Trinajstić information content (AvgIpc) is 2.12. The van der Waals surface area contributed by atoms with Crippen molar-refractivity contribution in [2.24, 2.45) is 0 Å². The number of carbonyl (C=O) groups excluding carboxylic acids is 2. The highest BCUT2D eigenvalue weighted by Gasteiger charge is 2.30. The third kappa shape index (κ3) is 4.34. The minimum absolute atomic E-state index is 0.0230. The van der Waals surface area contributed by atoms with E-state index in [1.807, 2.05) is 34.6 Å². The first kappa shape index (κ1) is 14.0. The molecule has 0 radical (unpaired) electrons. The summed E-state index contributed by atoms with van der Waals surface area (Å²) in [6, 6.07) is 0. The molecule has 0 aromatic heterocycles. The Kier molecular flexibility index (Phi) is 4.14. The lowest BCUT2D eigenvalue weighted by atomic mass is 10.1. The van der Waals surface area contributed by atoms with E-state index >= 15 is 0 Å². The summed E-state index contributed by atoms with van der Waals surface area (Å²) >= 11 is 0. The van der Waals surface area contributed by atoms with E-state index in [4.69, 9.17) is 4.74 Å². The van der Waals surface area contributed by atoms with Gasteiger partial charge in [-0.25, -0.2) is 0 Å². The van der Waals surface area contributed by atoms with Crippen LogP contribution in [0, 0.1) is 0 Å². The number of nitrogens with zero attached hydrogens (tertiary/aromatic N) is 1. The molecule has 0 spiro atoms. The Morgan fingerprint density at radius 1 is 1.18 bits per heavy atom. The first-order valence-corrected chi connectivity index (χ1v) is 5.96. The molecular weight excluding hydrogens is 220 g/mol. The van der Waals surface area contributed by atoms with Gasteiger partial charge in [-0.2, -0.15) is 0 Å². The van der Waals surface area contributed by atoms with Gasteiger partial charge in [0.2, 0.25) is 0 Å². The smallest absolute Gasteiger partial charge is 0.312 e. The zero-order valence-electron chi connectivity index (χ0n) is 11.2. The maximum atomic E-state index is 11.9. The summed E-state index contributed by atoms with van der Waals surface area (Å²) in [4.78, 5) is 25.2. The summed E-state index contributed by atoms with van der Waals surface area (Å²) in [6.45, 7) is 10.3. The van der Waals surface area contributed by atoms with Crippen LogP contribution < -0.4 is 5.32 Å². The van der Waals surface area contributed by atoms with E-state index in [1.165, 1.54) is 0 Å². The van der Waals surface area contributed by atoms with Crippen molar-refractivity contribution in [1.29, 1.82) is 0 Å². The lowest BCUT2D eigenvalue weighted by Crippen LogP contribution is -2.55. The Morgan fingerprint density at radius 3 is 2.06 bits per heavy atom. The van der Waals surface area contributed by atoms with Crippen LogP contribution in [0.2, 0.25) is 0 Å². The highest BCUT2D eigenvalue weighted by atomic mass is 16.5. The second kappa shape index (κ2) is 5.04. The van der Waals surface area contributed by atoms with Crippen LogP contribution in [0.25, 0.3) is 0 Å². The lowest BCUT2D eigenvalue weighted by Gasteiger charge is -2.35. The van der Waals surface area contributed by atoms with E-state index in [-0.39, 0.29) is 12.2 Å². The van der Waals surface area contributed by atoms with Crippen LogP contribution in [0.3, 0.4) is 0 Å². The normalized spacial score (nSPS) is 25.6. The number of rotatable bonds is 0. The van der Waals surface area contributed by atoms with Gasteiger partial charge in [-0.1, -0.05) is 0 Å². The summed E-state index contributed by atoms with van der Waals surface area (Å²) in [5, 5.41) is 2.67. The molecule has 5 heteroatoms. The van der Waals surface area contributed by atoms with Crippen molar-refractivity contribution in [3.63, 3.8) is 0 Å².